The van der Waals surface area contributed by atoms with E-state index in [9.17, 15) is 10.2 Å². The molecule has 1 aromatic carbocycles. The number of aromatic nitrogens is 4. The molecule has 4 heterocycles. The summed E-state index contributed by atoms with van der Waals surface area (Å²) in [5.74, 6) is 0.896. The molecule has 5 atom stereocenters. The first kappa shape index (κ1) is 19.9. The summed E-state index contributed by atoms with van der Waals surface area (Å²) in [4.78, 5) is 13.4. The maximum Gasteiger partial charge on any atom is 0.185 e. The van der Waals surface area contributed by atoms with Gasteiger partial charge in [-0.3, -0.25) is 4.57 Å². The molecule has 1 aliphatic carbocycles. The van der Waals surface area contributed by atoms with Crippen LogP contribution in [0, 0.1) is 0 Å². The van der Waals surface area contributed by atoms with Crippen LogP contribution in [0.25, 0.3) is 11.2 Å². The molecule has 0 spiro atoms. The van der Waals surface area contributed by atoms with E-state index >= 15 is 0 Å². The monoisotopic (exact) mass is 439 g/mol. The number of phenolic OH excluding ortho intramolecular Hbond substituents is 1. The highest BCUT2D eigenvalue weighted by molar-refractivity contribution is 5.82. The number of fused-ring (bicyclic) bond motifs is 2. The van der Waals surface area contributed by atoms with Crippen molar-refractivity contribution in [1.29, 1.82) is 0 Å². The van der Waals surface area contributed by atoms with Crippen molar-refractivity contribution in [1.82, 2.24) is 19.5 Å². The zero-order valence-electron chi connectivity index (χ0n) is 17.4. The molecule has 0 bridgehead atoms. The number of nitrogens with one attached hydrogen (secondary N) is 1. The third kappa shape index (κ3) is 3.30. The van der Waals surface area contributed by atoms with Crippen LogP contribution in [0.5, 0.6) is 5.75 Å². The van der Waals surface area contributed by atoms with Gasteiger partial charge in [-0.15, -0.1) is 0 Å². The van der Waals surface area contributed by atoms with Crippen LogP contribution in [0.2, 0.25) is 0 Å². The van der Waals surface area contributed by atoms with Gasteiger partial charge in [-0.25, -0.2) is 15.0 Å². The molecule has 2 aliphatic heterocycles. The largest absolute Gasteiger partial charge is 0.508 e. The summed E-state index contributed by atoms with van der Waals surface area (Å²) in [6.07, 6.45) is 5.30. The van der Waals surface area contributed by atoms with Crippen LogP contribution in [-0.2, 0) is 14.2 Å². The zero-order chi connectivity index (χ0) is 21.7. The van der Waals surface area contributed by atoms with Crippen LogP contribution in [0.1, 0.15) is 43.8 Å². The Balaban J connectivity index is 1.30. The van der Waals surface area contributed by atoms with Crippen molar-refractivity contribution in [2.45, 2.75) is 62.6 Å². The average Bonchev–Trinajstić information content (AvgIpc) is 3.58. The van der Waals surface area contributed by atoms with E-state index in [1.54, 1.807) is 30.6 Å². The van der Waals surface area contributed by atoms with Crippen molar-refractivity contribution in [3.63, 3.8) is 0 Å². The number of hydrogen-bond acceptors (Lipinski definition) is 9. The topological polar surface area (TPSA) is 124 Å². The van der Waals surface area contributed by atoms with Gasteiger partial charge in [-0.05, 0) is 25.0 Å². The van der Waals surface area contributed by atoms with Crippen LogP contribution in [0.4, 0.5) is 5.82 Å². The number of nitrogens with zero attached hydrogens (tertiary/aromatic N) is 4. The van der Waals surface area contributed by atoms with Crippen LogP contribution in [-0.4, -0.2) is 60.7 Å². The predicted octanol–water partition coefficient (Wildman–Crippen LogP) is 2.26. The van der Waals surface area contributed by atoms with Gasteiger partial charge in [0, 0.05) is 11.6 Å². The minimum absolute atomic E-state index is 0.174. The second-order valence-electron chi connectivity index (χ2n) is 8.54. The fraction of sp³-hybridized carbons (Fsp3) is 0.500. The molecule has 32 heavy (non-hydrogen) atoms. The summed E-state index contributed by atoms with van der Waals surface area (Å²) < 4.78 is 20.3. The number of imidazole rings is 1. The molecule has 2 aromatic heterocycles. The van der Waals surface area contributed by atoms with Crippen molar-refractivity contribution < 1.29 is 24.4 Å². The Morgan fingerprint density at radius 3 is 2.56 bits per heavy atom. The number of anilines is 1. The number of benzene rings is 1. The van der Waals surface area contributed by atoms with Crippen molar-refractivity contribution in [2.24, 2.45) is 0 Å². The highest BCUT2D eigenvalue weighted by Crippen LogP contribution is 2.45. The number of aliphatic hydroxyl groups excluding tert-OH is 1. The minimum Gasteiger partial charge on any atom is -0.508 e. The first-order valence-corrected chi connectivity index (χ1v) is 11.0. The van der Waals surface area contributed by atoms with Crippen molar-refractivity contribution >= 4 is 17.0 Å². The van der Waals surface area contributed by atoms with Crippen molar-refractivity contribution in [3.8, 4) is 5.75 Å². The zero-order valence-corrected chi connectivity index (χ0v) is 17.4. The Bertz CT molecular complexity index is 1100. The van der Waals surface area contributed by atoms with E-state index in [-0.39, 0.29) is 12.4 Å². The molecule has 168 valence electrons. The molecule has 2 saturated heterocycles. The fourth-order valence-corrected chi connectivity index (χ4v) is 4.90. The van der Waals surface area contributed by atoms with Gasteiger partial charge in [0.1, 0.15) is 30.4 Å². The summed E-state index contributed by atoms with van der Waals surface area (Å²) in [6, 6.07) is 7.10. The molecule has 3 aliphatic rings. The van der Waals surface area contributed by atoms with E-state index in [1.807, 2.05) is 4.57 Å². The maximum absolute atomic E-state index is 9.88. The average molecular weight is 439 g/mol. The normalized spacial score (nSPS) is 30.2. The molecule has 10 nitrogen and oxygen atoms in total. The van der Waals surface area contributed by atoms with E-state index in [2.05, 4.69) is 20.3 Å². The number of rotatable bonds is 5. The fourth-order valence-electron chi connectivity index (χ4n) is 4.90. The van der Waals surface area contributed by atoms with Gasteiger partial charge in [0.2, 0.25) is 0 Å². The van der Waals surface area contributed by atoms with Gasteiger partial charge >= 0.3 is 0 Å². The number of aliphatic hydroxyl groups is 1. The lowest BCUT2D eigenvalue weighted by Gasteiger charge is -2.21. The molecule has 3 aromatic rings. The van der Waals surface area contributed by atoms with Crippen LogP contribution in [0.15, 0.2) is 36.9 Å². The SMILES string of the molecule is OC[C@H]1OC(n2cnc3c(NC4CCCC4)ncnc32)[C@@H]2OC(c3ccc(O)cc3)O[C@H]12. The summed E-state index contributed by atoms with van der Waals surface area (Å²) in [5.41, 5.74) is 2.11. The molecule has 3 fully saturated rings. The third-order valence-corrected chi connectivity index (χ3v) is 6.52. The molecule has 1 saturated carbocycles. The third-order valence-electron chi connectivity index (χ3n) is 6.52. The Morgan fingerprint density at radius 2 is 1.78 bits per heavy atom. The Labute approximate surface area is 184 Å². The minimum atomic E-state index is -0.616. The molecular formula is C22H25N5O5. The molecule has 2 unspecified atom stereocenters. The van der Waals surface area contributed by atoms with E-state index in [0.29, 0.717) is 17.2 Å². The van der Waals surface area contributed by atoms with Crippen molar-refractivity contribution in [2.75, 3.05) is 11.9 Å². The molecule has 3 N–H and O–H groups in total. The number of hydrogen-bond donors (Lipinski definition) is 3. The summed E-state index contributed by atoms with van der Waals surface area (Å²) >= 11 is 0. The van der Waals surface area contributed by atoms with E-state index < -0.39 is 30.8 Å². The predicted molar refractivity (Wildman–Crippen MR) is 113 cm³/mol. The lowest BCUT2D eigenvalue weighted by Crippen LogP contribution is -2.30. The van der Waals surface area contributed by atoms with Crippen molar-refractivity contribution in [3.05, 3.63) is 42.5 Å². The van der Waals surface area contributed by atoms with Gasteiger partial charge in [-0.2, -0.15) is 0 Å². The highest BCUT2D eigenvalue weighted by atomic mass is 16.8. The summed E-state index contributed by atoms with van der Waals surface area (Å²) in [5, 5.41) is 22.9. The van der Waals surface area contributed by atoms with E-state index in [4.69, 9.17) is 14.2 Å². The Hall–Kier alpha value is -2.79. The van der Waals surface area contributed by atoms with Gasteiger partial charge in [0.25, 0.3) is 0 Å². The van der Waals surface area contributed by atoms with Gasteiger partial charge in [-0.1, -0.05) is 25.0 Å². The Morgan fingerprint density at radius 1 is 1.00 bits per heavy atom. The molecule has 6 rings (SSSR count). The van der Waals surface area contributed by atoms with Gasteiger partial charge in [0.05, 0.1) is 12.9 Å². The summed E-state index contributed by atoms with van der Waals surface area (Å²) in [7, 11) is 0. The van der Waals surface area contributed by atoms with Crippen LogP contribution in [0.3, 0.4) is 0 Å². The lowest BCUT2D eigenvalue weighted by molar-refractivity contribution is -0.153. The quantitative estimate of drug-likeness (QED) is 0.549. The second-order valence-corrected chi connectivity index (χ2v) is 8.54. The number of aromatic hydroxyl groups is 1. The Kier molecular flexibility index (Phi) is 4.94. The number of ether oxygens (including phenoxy) is 3. The first-order valence-electron chi connectivity index (χ1n) is 11.0. The maximum atomic E-state index is 9.88. The van der Waals surface area contributed by atoms with Crippen LogP contribution < -0.4 is 5.32 Å². The number of phenols is 1. The molecule has 0 radical (unpaired) electrons. The van der Waals surface area contributed by atoms with Gasteiger partial charge in [0.15, 0.2) is 29.5 Å². The summed E-state index contributed by atoms with van der Waals surface area (Å²) in [6.45, 7) is -0.195. The van der Waals surface area contributed by atoms with Gasteiger partial charge < -0.3 is 29.7 Å². The lowest BCUT2D eigenvalue weighted by atomic mass is 10.1. The van der Waals surface area contributed by atoms with E-state index in [0.717, 1.165) is 24.2 Å². The molecular weight excluding hydrogens is 414 g/mol. The standard InChI is InChI=1S/C22H25N5O5/c28-9-15-17-18(32-22(31-17)12-5-7-14(29)8-6-12)21(30-15)27-11-25-16-19(23-10-24-20(16)27)26-13-3-1-2-4-13/h5-8,10-11,13,15,17-18,21-22,28-29H,1-4,9H2,(H,23,24,26)/t15-,17-,18-,21?,22?/m1/s1. The molecule has 0 amide bonds. The smallest absolute Gasteiger partial charge is 0.185 e. The first-order chi connectivity index (χ1) is 15.7. The van der Waals surface area contributed by atoms with Crippen LogP contribution >= 0.6 is 0 Å². The highest BCUT2D eigenvalue weighted by Gasteiger charge is 2.53. The molecule has 10 heteroatoms. The second kappa shape index (κ2) is 7.96. The van der Waals surface area contributed by atoms with E-state index in [1.165, 1.54) is 19.2 Å².